The first kappa shape index (κ1) is 33.4. The first-order chi connectivity index (χ1) is 21.2. The highest BCUT2D eigenvalue weighted by Crippen LogP contribution is 2.58. The number of hydrogen-bond donors (Lipinski definition) is 2. The maximum absolute atomic E-state index is 14.3. The van der Waals surface area contributed by atoms with Gasteiger partial charge in [0.2, 0.25) is 17.7 Å². The van der Waals surface area contributed by atoms with Crippen LogP contribution in [0.4, 0.5) is 0 Å². The van der Waals surface area contributed by atoms with Crippen LogP contribution in [0.3, 0.4) is 0 Å². The molecule has 1 aromatic rings. The van der Waals surface area contributed by atoms with Crippen molar-refractivity contribution in [3.05, 3.63) is 61.2 Å². The van der Waals surface area contributed by atoms with E-state index in [0.29, 0.717) is 32.2 Å². The summed E-state index contributed by atoms with van der Waals surface area (Å²) < 4.78 is 12.1. The number of esters is 1. The van der Waals surface area contributed by atoms with Crippen molar-refractivity contribution >= 4 is 23.7 Å². The number of allylic oxidation sites excluding steroid dienone is 1. The van der Waals surface area contributed by atoms with Gasteiger partial charge in [-0.1, -0.05) is 55.8 Å². The van der Waals surface area contributed by atoms with Crippen molar-refractivity contribution in [2.75, 3.05) is 26.3 Å². The van der Waals surface area contributed by atoms with E-state index in [4.69, 9.17) is 9.47 Å². The van der Waals surface area contributed by atoms with E-state index >= 15 is 0 Å². The van der Waals surface area contributed by atoms with Crippen LogP contribution in [-0.4, -0.2) is 88.7 Å². The minimum Gasteiger partial charge on any atom is -0.463 e. The van der Waals surface area contributed by atoms with Crippen molar-refractivity contribution in [3.63, 3.8) is 0 Å². The number of hydrogen-bond acceptors (Lipinski definition) is 7. The highest BCUT2D eigenvalue weighted by atomic mass is 16.5. The summed E-state index contributed by atoms with van der Waals surface area (Å²) in [4.78, 5) is 58.2. The second kappa shape index (κ2) is 15.0. The van der Waals surface area contributed by atoms with Crippen molar-refractivity contribution in [3.8, 4) is 0 Å². The van der Waals surface area contributed by atoms with E-state index in [2.05, 4.69) is 25.4 Å². The fraction of sp³-hybridized carbons (Fsp3) is 0.588. The van der Waals surface area contributed by atoms with E-state index in [1.54, 1.807) is 17.1 Å². The van der Waals surface area contributed by atoms with Crippen LogP contribution in [0.5, 0.6) is 0 Å². The molecule has 44 heavy (non-hydrogen) atoms. The van der Waals surface area contributed by atoms with E-state index < -0.39 is 41.6 Å². The zero-order valence-corrected chi connectivity index (χ0v) is 26.0. The SMILES string of the molecule is C=CCCC(=O)OC[C@H](NC(=O)[C@@H]1[C@H]2C(=O)N(CCCO)[C@H](C(=O)N(CC=C)C(C)CCC)[C@]23CC[C@H]1O3)c1ccccc1. The number of nitrogens with zero attached hydrogens (tertiary/aromatic N) is 2. The Morgan fingerprint density at radius 2 is 2.00 bits per heavy atom. The molecule has 10 nitrogen and oxygen atoms in total. The molecule has 0 radical (unpaired) electrons. The van der Waals surface area contributed by atoms with Crippen LogP contribution >= 0.6 is 0 Å². The summed E-state index contributed by atoms with van der Waals surface area (Å²) >= 11 is 0. The van der Waals surface area contributed by atoms with Gasteiger partial charge in [0.1, 0.15) is 18.2 Å². The lowest BCUT2D eigenvalue weighted by Gasteiger charge is -2.39. The summed E-state index contributed by atoms with van der Waals surface area (Å²) in [5.41, 5.74) is -0.377. The van der Waals surface area contributed by atoms with Gasteiger partial charge in [-0.05, 0) is 44.6 Å². The third-order valence-corrected chi connectivity index (χ3v) is 9.22. The molecule has 4 rings (SSSR count). The molecule has 240 valence electrons. The lowest BCUT2D eigenvalue weighted by molar-refractivity contribution is -0.149. The van der Waals surface area contributed by atoms with E-state index in [-0.39, 0.29) is 49.9 Å². The maximum Gasteiger partial charge on any atom is 0.306 e. The molecule has 7 atom stereocenters. The smallest absolute Gasteiger partial charge is 0.306 e. The summed E-state index contributed by atoms with van der Waals surface area (Å²) in [6, 6.07) is 7.63. The van der Waals surface area contributed by atoms with Gasteiger partial charge in [-0.2, -0.15) is 0 Å². The number of aliphatic hydroxyl groups excluding tert-OH is 1. The van der Waals surface area contributed by atoms with Crippen molar-refractivity contribution < 1.29 is 33.8 Å². The van der Waals surface area contributed by atoms with Gasteiger partial charge in [0.05, 0.1) is 24.0 Å². The number of nitrogens with one attached hydrogen (secondary N) is 1. The lowest BCUT2D eigenvalue weighted by atomic mass is 9.70. The molecule has 10 heteroatoms. The Hall–Kier alpha value is -3.50. The highest BCUT2D eigenvalue weighted by molar-refractivity contribution is 5.99. The quantitative estimate of drug-likeness (QED) is 0.205. The average molecular weight is 610 g/mol. The summed E-state index contributed by atoms with van der Waals surface area (Å²) in [6.45, 7) is 11.8. The fourth-order valence-electron chi connectivity index (χ4n) is 7.21. The summed E-state index contributed by atoms with van der Waals surface area (Å²) in [7, 11) is 0. The van der Waals surface area contributed by atoms with Crippen molar-refractivity contribution in [2.45, 2.75) is 88.6 Å². The van der Waals surface area contributed by atoms with E-state index in [1.165, 1.54) is 4.90 Å². The number of aliphatic hydroxyl groups is 1. The lowest BCUT2D eigenvalue weighted by Crippen LogP contribution is -2.58. The fourth-order valence-corrected chi connectivity index (χ4v) is 7.21. The average Bonchev–Trinajstić information content (AvgIpc) is 3.67. The van der Waals surface area contributed by atoms with Gasteiger partial charge in [0.15, 0.2) is 0 Å². The molecule has 3 fully saturated rings. The van der Waals surface area contributed by atoms with Gasteiger partial charge in [0.25, 0.3) is 0 Å². The second-order valence-electron chi connectivity index (χ2n) is 12.1. The normalized spacial score (nSPS) is 26.5. The minimum absolute atomic E-state index is 0.0662. The first-order valence-corrected chi connectivity index (χ1v) is 15.9. The van der Waals surface area contributed by atoms with Crippen LogP contribution in [0.2, 0.25) is 0 Å². The standard InChI is InChI=1S/C34H47N3O7/c1-5-8-16-27(39)43-22-25(24-14-10-9-11-15-24)35-31(40)28-26-17-18-34(44-26)29(28)32(41)37(20-12-21-38)30(34)33(42)36(19-7-3)23(4)13-6-2/h5,7,9-11,14-15,23,25-26,28-30,38H,1,3,6,8,12-13,16-22H2,2,4H3,(H,35,40)/t23?,25-,26+,28-,29-,30+,34-/m0/s1. The molecule has 3 aliphatic heterocycles. The largest absolute Gasteiger partial charge is 0.463 e. The second-order valence-corrected chi connectivity index (χ2v) is 12.1. The highest BCUT2D eigenvalue weighted by Gasteiger charge is 2.74. The molecule has 0 aromatic heterocycles. The van der Waals surface area contributed by atoms with Crippen LogP contribution in [0.15, 0.2) is 55.6 Å². The van der Waals surface area contributed by atoms with Gasteiger partial charge in [-0.25, -0.2) is 0 Å². The molecular formula is C34H47N3O7. The molecule has 2 bridgehead atoms. The summed E-state index contributed by atoms with van der Waals surface area (Å²) in [5.74, 6) is -2.93. The van der Waals surface area contributed by atoms with Crippen LogP contribution in [0.1, 0.15) is 70.4 Å². The van der Waals surface area contributed by atoms with E-state index in [9.17, 15) is 24.3 Å². The molecule has 2 N–H and O–H groups in total. The Balaban J connectivity index is 1.62. The zero-order valence-electron chi connectivity index (χ0n) is 26.0. The van der Waals surface area contributed by atoms with Crippen LogP contribution in [0, 0.1) is 11.8 Å². The number of carbonyl (C=O) groups excluding carboxylic acids is 4. The maximum atomic E-state index is 14.3. The monoisotopic (exact) mass is 609 g/mol. The Morgan fingerprint density at radius 3 is 2.66 bits per heavy atom. The number of carbonyl (C=O) groups is 4. The van der Waals surface area contributed by atoms with Crippen molar-refractivity contribution in [1.29, 1.82) is 0 Å². The summed E-state index contributed by atoms with van der Waals surface area (Å²) in [5, 5.41) is 12.7. The number of likely N-dealkylation sites (tertiary alicyclic amines) is 1. The number of benzene rings is 1. The third kappa shape index (κ3) is 6.61. The molecule has 3 aliphatic rings. The molecular weight excluding hydrogens is 562 g/mol. The van der Waals surface area contributed by atoms with Gasteiger partial charge in [-0.3, -0.25) is 19.2 Å². The van der Waals surface area contributed by atoms with E-state index in [1.807, 2.05) is 37.3 Å². The molecule has 3 heterocycles. The zero-order chi connectivity index (χ0) is 31.9. The predicted octanol–water partition coefficient (Wildman–Crippen LogP) is 3.31. The number of amides is 3. The Bertz CT molecular complexity index is 1210. The Morgan fingerprint density at radius 1 is 1.25 bits per heavy atom. The minimum atomic E-state index is -1.14. The van der Waals surface area contributed by atoms with Crippen LogP contribution in [-0.2, 0) is 28.7 Å². The van der Waals surface area contributed by atoms with Gasteiger partial charge in [0, 0.05) is 32.2 Å². The number of rotatable bonds is 17. The van der Waals surface area contributed by atoms with Gasteiger partial charge < -0.3 is 29.7 Å². The molecule has 0 saturated carbocycles. The van der Waals surface area contributed by atoms with Gasteiger partial charge >= 0.3 is 5.97 Å². The van der Waals surface area contributed by atoms with Crippen molar-refractivity contribution in [2.24, 2.45) is 11.8 Å². The predicted molar refractivity (Wildman–Crippen MR) is 165 cm³/mol. The first-order valence-electron chi connectivity index (χ1n) is 15.9. The number of fused-ring (bicyclic) bond motifs is 1. The van der Waals surface area contributed by atoms with Crippen LogP contribution in [0.25, 0.3) is 0 Å². The molecule has 3 amide bonds. The molecule has 1 spiro atoms. The molecule has 0 aliphatic carbocycles. The third-order valence-electron chi connectivity index (χ3n) is 9.22. The topological polar surface area (TPSA) is 125 Å². The van der Waals surface area contributed by atoms with Gasteiger partial charge in [-0.15, -0.1) is 13.2 Å². The van der Waals surface area contributed by atoms with Crippen molar-refractivity contribution in [1.82, 2.24) is 15.1 Å². The molecule has 1 aromatic carbocycles. The van der Waals surface area contributed by atoms with E-state index in [0.717, 1.165) is 18.4 Å². The Kier molecular flexibility index (Phi) is 11.4. The number of ether oxygens (including phenoxy) is 2. The molecule has 3 saturated heterocycles. The Labute approximate surface area is 260 Å². The van der Waals surface area contributed by atoms with Crippen LogP contribution < -0.4 is 5.32 Å². The molecule has 1 unspecified atom stereocenters. The summed E-state index contributed by atoms with van der Waals surface area (Å²) in [6.07, 6.45) is 6.49.